The van der Waals surface area contributed by atoms with E-state index in [1.165, 1.54) is 148 Å². The molecule has 2 aromatic carbocycles. The molecule has 12 heteroatoms. The fourth-order valence-corrected chi connectivity index (χ4v) is 8.62. The summed E-state index contributed by atoms with van der Waals surface area (Å²) in [4.78, 5) is 52.8. The lowest BCUT2D eigenvalue weighted by Crippen LogP contribution is -2.41. The number of nitrogens with zero attached hydrogens (tertiary/aromatic N) is 2. The first kappa shape index (κ1) is 56.3. The van der Waals surface area contributed by atoms with E-state index in [1.807, 2.05) is 7.05 Å². The second-order valence-electron chi connectivity index (χ2n) is 18.5. The van der Waals surface area contributed by atoms with Gasteiger partial charge in [0.1, 0.15) is 22.7 Å². The molecule has 0 amide bonds. The highest BCUT2D eigenvalue weighted by molar-refractivity contribution is 5.74. The average molecular weight is 886 g/mol. The quantitative estimate of drug-likeness (QED) is 0.0278. The van der Waals surface area contributed by atoms with Crippen molar-refractivity contribution in [3.05, 3.63) is 40.9 Å². The first-order chi connectivity index (χ1) is 30.7. The van der Waals surface area contributed by atoms with Gasteiger partial charge in [0.25, 0.3) is 21.7 Å². The summed E-state index contributed by atoms with van der Waals surface area (Å²) < 4.78 is 0. The summed E-state index contributed by atoms with van der Waals surface area (Å²) in [5, 5.41) is 26.9. The highest BCUT2D eigenvalue weighted by Crippen LogP contribution is 2.17. The maximum Gasteiger partial charge on any atom is 0.253 e. The zero-order valence-electron chi connectivity index (χ0n) is 40.9. The largest absolute Gasteiger partial charge is 0.390 e. The molecule has 63 heavy (non-hydrogen) atoms. The fraction of sp³-hybridized carbons (Fsp3) is 0.843. The van der Waals surface area contributed by atoms with Crippen LogP contribution in [-0.4, -0.2) is 101 Å². The van der Waals surface area contributed by atoms with Crippen molar-refractivity contribution in [2.75, 3.05) is 101 Å². The van der Waals surface area contributed by atoms with E-state index in [0.717, 1.165) is 71.4 Å². The molecule has 0 aromatic heterocycles. The Labute approximate surface area is 383 Å². The molecule has 1 atom stereocenters. The third kappa shape index (κ3) is 25.5. The highest BCUT2D eigenvalue weighted by atomic mass is 16.3. The number of aliphatic hydroxyl groups excluding tert-OH is 1. The lowest BCUT2D eigenvalue weighted by atomic mass is 10.1. The van der Waals surface area contributed by atoms with Crippen molar-refractivity contribution in [3.63, 3.8) is 0 Å². The Morgan fingerprint density at radius 2 is 0.778 bits per heavy atom. The molecular formula is C51H95N7O5. The molecule has 0 radical (unpaired) electrons. The minimum Gasteiger partial charge on any atom is -0.390 e. The van der Waals surface area contributed by atoms with Crippen LogP contribution in [0.1, 0.15) is 194 Å². The molecule has 0 bridgehead atoms. The van der Waals surface area contributed by atoms with Gasteiger partial charge in [-0.2, -0.15) is 0 Å². The molecule has 2 aromatic rings. The van der Waals surface area contributed by atoms with Crippen LogP contribution in [0.3, 0.4) is 0 Å². The summed E-state index contributed by atoms with van der Waals surface area (Å²) in [6.45, 7) is 12.1. The molecule has 2 rings (SSSR count). The summed E-state index contributed by atoms with van der Waals surface area (Å²) in [5.41, 5.74) is -0.667. The minimum atomic E-state index is -0.657. The van der Waals surface area contributed by atoms with Crippen LogP contribution in [0.4, 0.5) is 22.7 Å². The van der Waals surface area contributed by atoms with E-state index in [2.05, 4.69) is 50.2 Å². The molecule has 0 saturated heterocycles. The van der Waals surface area contributed by atoms with Crippen LogP contribution >= 0.6 is 0 Å². The van der Waals surface area contributed by atoms with Crippen LogP contribution in [0, 0.1) is 0 Å². The second-order valence-corrected chi connectivity index (χ2v) is 18.5. The summed E-state index contributed by atoms with van der Waals surface area (Å²) in [6, 6.07) is 0. The normalized spacial score (nSPS) is 12.3. The summed E-state index contributed by atoms with van der Waals surface area (Å²) in [6.07, 6.45) is 35.5. The van der Waals surface area contributed by atoms with Gasteiger partial charge in [0.2, 0.25) is 0 Å². The van der Waals surface area contributed by atoms with Crippen molar-refractivity contribution in [2.45, 2.75) is 200 Å². The van der Waals surface area contributed by atoms with Crippen molar-refractivity contribution in [2.24, 2.45) is 0 Å². The third-order valence-electron chi connectivity index (χ3n) is 12.7. The standard InChI is InChI=1S/C51H95N7O5/c1-5-7-9-11-13-15-17-19-21-23-25-27-33-53-34-28-30-40-58(39-29-26-24-22-20-18-16-14-12-10-8-6-2)42-43(59)41-56-47-46(50(62)51(47)63)55-36-32-38-57(4)37-31-35-54-45-44(52-3)48(60)49(45)61/h43,52-56,59H,5-42H2,1-4H3. The van der Waals surface area contributed by atoms with Gasteiger partial charge in [0, 0.05) is 33.2 Å². The molecule has 1 unspecified atom stereocenters. The monoisotopic (exact) mass is 886 g/mol. The van der Waals surface area contributed by atoms with Gasteiger partial charge >= 0.3 is 0 Å². The molecular weight excluding hydrogens is 791 g/mol. The summed E-state index contributed by atoms with van der Waals surface area (Å²) in [5.74, 6) is 0. The van der Waals surface area contributed by atoms with E-state index >= 15 is 0 Å². The fourth-order valence-electron chi connectivity index (χ4n) is 8.62. The van der Waals surface area contributed by atoms with E-state index < -0.39 is 27.8 Å². The zero-order chi connectivity index (χ0) is 45.8. The highest BCUT2D eigenvalue weighted by Gasteiger charge is 2.22. The summed E-state index contributed by atoms with van der Waals surface area (Å²) >= 11 is 0. The van der Waals surface area contributed by atoms with Gasteiger partial charge in [-0.25, -0.2) is 0 Å². The van der Waals surface area contributed by atoms with E-state index in [1.54, 1.807) is 7.05 Å². The number of nitrogens with one attached hydrogen (secondary N) is 5. The zero-order valence-corrected chi connectivity index (χ0v) is 40.9. The Balaban J connectivity index is 1.66. The van der Waals surface area contributed by atoms with Crippen molar-refractivity contribution in [1.82, 2.24) is 15.1 Å². The first-order valence-electron chi connectivity index (χ1n) is 26.1. The van der Waals surface area contributed by atoms with E-state index in [4.69, 9.17) is 0 Å². The molecule has 364 valence electrons. The first-order valence-corrected chi connectivity index (χ1v) is 26.1. The Bertz CT molecular complexity index is 1540. The minimum absolute atomic E-state index is 0.221. The van der Waals surface area contributed by atoms with Gasteiger partial charge in [-0.1, -0.05) is 155 Å². The van der Waals surface area contributed by atoms with Crippen LogP contribution in [0.15, 0.2) is 19.2 Å². The number of rotatable bonds is 47. The third-order valence-corrected chi connectivity index (χ3v) is 12.7. The SMILES string of the molecule is CCCCCCCCCCCCCCNCCCCN(CCCCCCCCCCCCCC)CC(O)CNc1c(NCCCN(C)CCCNc2c(NC)c(=O)c2=O)c(=O)c1=O. The molecule has 0 aliphatic rings. The number of aliphatic hydroxyl groups is 1. The van der Waals surface area contributed by atoms with Crippen LogP contribution in [0.25, 0.3) is 0 Å². The lowest BCUT2D eigenvalue weighted by Gasteiger charge is -2.26. The van der Waals surface area contributed by atoms with Gasteiger partial charge in [-0.15, -0.1) is 0 Å². The van der Waals surface area contributed by atoms with E-state index in [9.17, 15) is 24.3 Å². The van der Waals surface area contributed by atoms with Crippen LogP contribution in [-0.2, 0) is 0 Å². The molecule has 0 saturated carbocycles. The smallest absolute Gasteiger partial charge is 0.253 e. The molecule has 0 heterocycles. The van der Waals surface area contributed by atoms with Gasteiger partial charge in [-0.3, -0.25) is 19.2 Å². The van der Waals surface area contributed by atoms with Gasteiger partial charge < -0.3 is 41.5 Å². The van der Waals surface area contributed by atoms with Crippen LogP contribution in [0.2, 0.25) is 0 Å². The van der Waals surface area contributed by atoms with E-state index in [0.29, 0.717) is 36.7 Å². The number of hydrogen-bond donors (Lipinski definition) is 6. The predicted molar refractivity (Wildman–Crippen MR) is 271 cm³/mol. The molecule has 0 aliphatic heterocycles. The van der Waals surface area contributed by atoms with Crippen LogP contribution < -0.4 is 48.3 Å². The van der Waals surface area contributed by atoms with Crippen molar-refractivity contribution in [1.29, 1.82) is 0 Å². The second kappa shape index (κ2) is 37.4. The van der Waals surface area contributed by atoms with Crippen molar-refractivity contribution >= 4 is 22.7 Å². The summed E-state index contributed by atoms with van der Waals surface area (Å²) in [7, 11) is 3.65. The van der Waals surface area contributed by atoms with Crippen LogP contribution in [0.5, 0.6) is 0 Å². The molecule has 6 N–H and O–H groups in total. The Hall–Kier alpha value is -2.80. The molecule has 0 fully saturated rings. The Morgan fingerprint density at radius 3 is 1.22 bits per heavy atom. The maximum absolute atomic E-state index is 12.5. The Kier molecular flexibility index (Phi) is 33.5. The average Bonchev–Trinajstić information content (AvgIpc) is 3.28. The number of unbranched alkanes of at least 4 members (excludes halogenated alkanes) is 23. The van der Waals surface area contributed by atoms with Crippen molar-refractivity contribution in [3.8, 4) is 0 Å². The molecule has 0 aliphatic carbocycles. The topological polar surface area (TPSA) is 155 Å². The van der Waals surface area contributed by atoms with Gasteiger partial charge in [-0.05, 0) is 84.8 Å². The molecule has 12 nitrogen and oxygen atoms in total. The van der Waals surface area contributed by atoms with E-state index in [-0.39, 0.29) is 12.2 Å². The van der Waals surface area contributed by atoms with Gasteiger partial charge in [0.15, 0.2) is 0 Å². The Morgan fingerprint density at radius 1 is 0.429 bits per heavy atom. The maximum atomic E-state index is 12.5. The van der Waals surface area contributed by atoms with Gasteiger partial charge in [0.05, 0.1) is 6.10 Å². The number of hydrogen-bond acceptors (Lipinski definition) is 12. The molecule has 0 spiro atoms. The number of anilines is 4. The predicted octanol–water partition coefficient (Wildman–Crippen LogP) is 9.00. The van der Waals surface area contributed by atoms with Crippen molar-refractivity contribution < 1.29 is 5.11 Å². The lowest BCUT2D eigenvalue weighted by molar-refractivity contribution is 0.119.